The molecule has 0 fully saturated rings. The van der Waals surface area contributed by atoms with Crippen LogP contribution < -0.4 is 16.7 Å². The van der Waals surface area contributed by atoms with E-state index in [1.165, 1.54) is 17.5 Å². The smallest absolute Gasteiger partial charge is 0.264 e. The van der Waals surface area contributed by atoms with Crippen LogP contribution in [0.1, 0.15) is 16.7 Å². The number of amides is 2. The third-order valence-electron chi connectivity index (χ3n) is 3.66. The molecule has 0 aliphatic heterocycles. The van der Waals surface area contributed by atoms with E-state index in [0.717, 1.165) is 25.6 Å². The van der Waals surface area contributed by atoms with Gasteiger partial charge in [-0.3, -0.25) is 5.01 Å². The largest absolute Gasteiger partial charge is 0.352 e. The van der Waals surface area contributed by atoms with E-state index in [-0.39, 0.29) is 0 Å². The van der Waals surface area contributed by atoms with Crippen LogP contribution in [0.25, 0.3) is 0 Å². The fourth-order valence-corrected chi connectivity index (χ4v) is 3.90. The molecule has 0 spiro atoms. The van der Waals surface area contributed by atoms with E-state index in [1.807, 2.05) is 31.2 Å². The maximum absolute atomic E-state index is 12.1. The first kappa shape index (κ1) is 18.8. The lowest BCUT2D eigenvalue weighted by atomic mass is 10.1. The number of aryl methyl sites for hydroxylation is 2. The van der Waals surface area contributed by atoms with Crippen molar-refractivity contribution in [3.8, 4) is 0 Å². The normalized spacial score (nSPS) is 10.6. The Bertz CT molecular complexity index is 751. The Morgan fingerprint density at radius 3 is 2.50 bits per heavy atom. The minimum Gasteiger partial charge on any atom is -0.264 e. The first-order chi connectivity index (χ1) is 11.3. The molecule has 0 radical (unpaired) electrons. The molecule has 0 heterocycles. The molecule has 0 aromatic heterocycles. The molecule has 0 unspecified atom stereocenters. The highest BCUT2D eigenvalue weighted by molar-refractivity contribution is 9.10. The zero-order valence-electron chi connectivity index (χ0n) is 13.9. The number of nitrogens with zero attached hydrogens (tertiary/aromatic N) is 2. The predicted octanol–water partition coefficient (Wildman–Crippen LogP) is 3.96. The van der Waals surface area contributed by atoms with E-state index < -0.39 is 6.03 Å². The maximum Gasteiger partial charge on any atom is 0.352 e. The first-order valence-electron chi connectivity index (χ1n) is 7.36. The minimum atomic E-state index is -0.466. The molecule has 0 atom stereocenters. The van der Waals surface area contributed by atoms with Crippen molar-refractivity contribution in [1.29, 1.82) is 0 Å². The number of thioether (sulfide) groups is 1. The quantitative estimate of drug-likeness (QED) is 0.347. The second kappa shape index (κ2) is 8.02. The van der Waals surface area contributed by atoms with Crippen molar-refractivity contribution in [2.24, 2.45) is 11.7 Å². The summed E-state index contributed by atoms with van der Waals surface area (Å²) in [5.41, 5.74) is 3.96. The van der Waals surface area contributed by atoms with Crippen molar-refractivity contribution in [1.82, 2.24) is 5.01 Å². The number of rotatable bonds is 4. The zero-order valence-corrected chi connectivity index (χ0v) is 16.3. The summed E-state index contributed by atoms with van der Waals surface area (Å²) in [6.45, 7) is 4.09. The van der Waals surface area contributed by atoms with Gasteiger partial charge in [-0.1, -0.05) is 28.1 Å². The Morgan fingerprint density at radius 2 is 1.88 bits per heavy atom. The molecular formula is C17H21BrN4OS. The molecule has 2 aromatic carbocycles. The van der Waals surface area contributed by atoms with Gasteiger partial charge < -0.3 is 0 Å². The van der Waals surface area contributed by atoms with Crippen LogP contribution >= 0.6 is 27.7 Å². The summed E-state index contributed by atoms with van der Waals surface area (Å²) in [6.07, 6.45) is 0. The monoisotopic (exact) mass is 408 g/mol. The summed E-state index contributed by atoms with van der Waals surface area (Å²) in [5, 5.41) is 2.06. The summed E-state index contributed by atoms with van der Waals surface area (Å²) in [5.74, 6) is 12.2. The summed E-state index contributed by atoms with van der Waals surface area (Å²) >= 11 is 5.19. The lowest BCUT2D eigenvalue weighted by Gasteiger charge is -2.24. The van der Waals surface area contributed by atoms with Gasteiger partial charge in [0, 0.05) is 22.2 Å². The number of hydrogen-bond acceptors (Lipinski definition) is 4. The van der Waals surface area contributed by atoms with Crippen molar-refractivity contribution in [2.75, 3.05) is 12.1 Å². The molecule has 5 nitrogen and oxygen atoms in total. The molecule has 4 N–H and O–H groups in total. The predicted molar refractivity (Wildman–Crippen MR) is 104 cm³/mol. The highest BCUT2D eigenvalue weighted by atomic mass is 79.9. The lowest BCUT2D eigenvalue weighted by Crippen LogP contribution is -2.49. The Kier molecular flexibility index (Phi) is 6.28. The molecule has 0 aliphatic carbocycles. The highest BCUT2D eigenvalue weighted by Crippen LogP contribution is 2.32. The number of hydrogen-bond donors (Lipinski definition) is 2. The van der Waals surface area contributed by atoms with Crippen LogP contribution in [0.4, 0.5) is 10.5 Å². The maximum atomic E-state index is 12.1. The van der Waals surface area contributed by atoms with Gasteiger partial charge in [0.2, 0.25) is 0 Å². The number of halogens is 1. The molecule has 0 saturated carbocycles. The number of urea groups is 1. The molecule has 7 heteroatoms. The van der Waals surface area contributed by atoms with Crippen LogP contribution in [0, 0.1) is 13.8 Å². The number of nitrogens with two attached hydrogens (primary N) is 2. The third kappa shape index (κ3) is 4.30. The Morgan fingerprint density at radius 1 is 1.17 bits per heavy atom. The first-order valence-corrected chi connectivity index (χ1v) is 9.13. The van der Waals surface area contributed by atoms with E-state index in [1.54, 1.807) is 11.8 Å². The van der Waals surface area contributed by atoms with Crippen molar-refractivity contribution in [3.05, 3.63) is 57.6 Å². The Labute approximate surface area is 155 Å². The third-order valence-corrected chi connectivity index (χ3v) is 5.36. The van der Waals surface area contributed by atoms with Gasteiger partial charge in [0.1, 0.15) is 0 Å². The van der Waals surface area contributed by atoms with Crippen LogP contribution in [0.3, 0.4) is 0 Å². The van der Waals surface area contributed by atoms with E-state index in [4.69, 9.17) is 11.7 Å². The van der Waals surface area contributed by atoms with E-state index >= 15 is 0 Å². The van der Waals surface area contributed by atoms with Gasteiger partial charge in [-0.2, -0.15) is 0 Å². The highest BCUT2D eigenvalue weighted by Gasteiger charge is 2.18. The van der Waals surface area contributed by atoms with Crippen molar-refractivity contribution >= 4 is 39.4 Å². The molecule has 128 valence electrons. The summed E-state index contributed by atoms with van der Waals surface area (Å²) in [7, 11) is 1.47. The topological polar surface area (TPSA) is 75.6 Å². The number of anilines is 1. The van der Waals surface area contributed by atoms with E-state index in [2.05, 4.69) is 35.0 Å². The molecule has 0 saturated heterocycles. The summed E-state index contributed by atoms with van der Waals surface area (Å²) < 4.78 is 1.06. The van der Waals surface area contributed by atoms with Crippen LogP contribution in [0.15, 0.2) is 45.8 Å². The van der Waals surface area contributed by atoms with Crippen LogP contribution in [0.2, 0.25) is 0 Å². The minimum absolute atomic E-state index is 0.466. The lowest BCUT2D eigenvalue weighted by molar-refractivity contribution is 0.216. The molecule has 2 rings (SSSR count). The van der Waals surface area contributed by atoms with Crippen molar-refractivity contribution < 1.29 is 4.79 Å². The van der Waals surface area contributed by atoms with Gasteiger partial charge in [-0.05, 0) is 54.8 Å². The number of carbonyl (C=O) groups excluding carboxylic acids is 1. The number of benzene rings is 2. The van der Waals surface area contributed by atoms with Gasteiger partial charge >= 0.3 is 6.03 Å². The van der Waals surface area contributed by atoms with Crippen LogP contribution in [0.5, 0.6) is 0 Å². The summed E-state index contributed by atoms with van der Waals surface area (Å²) in [6, 6.07) is 11.5. The van der Waals surface area contributed by atoms with Gasteiger partial charge in [-0.25, -0.2) is 21.5 Å². The SMILES string of the molecule is Cc1cc(Br)ccc1SCc1c(C)cccc1N(N)C(=O)N(C)N. The molecular weight excluding hydrogens is 388 g/mol. The number of carbonyl (C=O) groups is 1. The van der Waals surface area contributed by atoms with Gasteiger partial charge in [0.05, 0.1) is 5.69 Å². The standard InChI is InChI=1S/C17H21BrN4OS/c1-11-5-4-6-15(22(20)17(23)21(3)19)14(11)10-24-16-8-7-13(18)9-12(16)2/h4-9H,10,19-20H2,1-3H3. The average molecular weight is 409 g/mol. The van der Waals surface area contributed by atoms with Crippen molar-refractivity contribution in [3.63, 3.8) is 0 Å². The zero-order chi connectivity index (χ0) is 17.9. The Balaban J connectivity index is 2.28. The fraction of sp³-hybridized carbons (Fsp3) is 0.235. The van der Waals surface area contributed by atoms with Crippen molar-refractivity contribution in [2.45, 2.75) is 24.5 Å². The molecule has 2 aromatic rings. The van der Waals surface area contributed by atoms with E-state index in [9.17, 15) is 4.79 Å². The second-order valence-electron chi connectivity index (χ2n) is 5.53. The summed E-state index contributed by atoms with van der Waals surface area (Å²) in [4.78, 5) is 13.3. The second-order valence-corrected chi connectivity index (χ2v) is 7.47. The van der Waals surface area contributed by atoms with Gasteiger partial charge in [0.25, 0.3) is 0 Å². The van der Waals surface area contributed by atoms with Gasteiger partial charge in [-0.15, -0.1) is 11.8 Å². The fourth-order valence-electron chi connectivity index (χ4n) is 2.30. The molecule has 2 amide bonds. The van der Waals surface area contributed by atoms with E-state index in [0.29, 0.717) is 11.4 Å². The molecule has 24 heavy (non-hydrogen) atoms. The molecule has 0 bridgehead atoms. The molecule has 0 aliphatic rings. The van der Waals surface area contributed by atoms with Crippen LogP contribution in [-0.4, -0.2) is 18.1 Å². The Hall–Kier alpha value is -1.54. The average Bonchev–Trinajstić information content (AvgIpc) is 2.53. The van der Waals surface area contributed by atoms with Crippen LogP contribution in [-0.2, 0) is 5.75 Å². The van der Waals surface area contributed by atoms with Gasteiger partial charge in [0.15, 0.2) is 0 Å². The number of hydrazine groups is 2.